The van der Waals surface area contributed by atoms with Crippen molar-refractivity contribution in [3.8, 4) is 0 Å². The zero-order valence-electron chi connectivity index (χ0n) is 17.9. The molecule has 6 rings (SSSR count). The Morgan fingerprint density at radius 1 is 1.22 bits per heavy atom. The average molecular weight is 457 g/mol. The molecule has 0 bridgehead atoms. The molecule has 2 fully saturated rings. The molecule has 1 aromatic carbocycles. The number of nitrogens with zero attached hydrogens (tertiary/aromatic N) is 5. The summed E-state index contributed by atoms with van der Waals surface area (Å²) < 4.78 is 14.0. The zero-order valence-corrected chi connectivity index (χ0v) is 18.7. The molecule has 32 heavy (non-hydrogen) atoms. The lowest BCUT2D eigenvalue weighted by molar-refractivity contribution is -0.162. The maximum Gasteiger partial charge on any atom is 0.226 e. The van der Waals surface area contributed by atoms with Crippen molar-refractivity contribution in [2.24, 2.45) is 5.92 Å². The molecule has 168 valence electrons. The van der Waals surface area contributed by atoms with Gasteiger partial charge in [-0.05, 0) is 55.8 Å². The third kappa shape index (κ3) is 3.18. The molecule has 0 spiro atoms. The largest absolute Gasteiger partial charge is 0.396 e. The lowest BCUT2D eigenvalue weighted by Crippen LogP contribution is -2.28. The summed E-state index contributed by atoms with van der Waals surface area (Å²) in [5.74, 6) is -0.187. The van der Waals surface area contributed by atoms with Crippen LogP contribution in [-0.2, 0) is 15.9 Å². The number of aliphatic hydroxyl groups excluding tert-OH is 1. The Balaban J connectivity index is 1.36. The first kappa shape index (κ1) is 20.3. The van der Waals surface area contributed by atoms with E-state index in [-0.39, 0.29) is 42.1 Å². The van der Waals surface area contributed by atoms with Crippen LogP contribution in [0.15, 0.2) is 24.3 Å². The number of anilines is 1. The smallest absolute Gasteiger partial charge is 0.226 e. The standard InChI is InChI=1S/C22H25ClN6O3/c1-22(2)31-17-12(10-30)9-15(18(17)32-22)29-20-16(27-28-29)19(25-21(23)26-20)24-14-8-7-11-5-3-4-6-13(11)14/h3-6,12,14-15,17-18,30H,7-10H2,1-2H3,(H,24,25,26)/t12-,14+,15-,17-,18+/m1/s1. The van der Waals surface area contributed by atoms with Crippen LogP contribution in [0.5, 0.6) is 0 Å². The van der Waals surface area contributed by atoms with Gasteiger partial charge in [-0.2, -0.15) is 9.97 Å². The number of aromatic nitrogens is 5. The van der Waals surface area contributed by atoms with Crippen LogP contribution in [0.25, 0.3) is 11.2 Å². The molecule has 0 radical (unpaired) electrons. The van der Waals surface area contributed by atoms with E-state index in [9.17, 15) is 5.11 Å². The van der Waals surface area contributed by atoms with E-state index in [1.54, 1.807) is 4.68 Å². The van der Waals surface area contributed by atoms with E-state index >= 15 is 0 Å². The second-order valence-electron chi connectivity index (χ2n) is 9.29. The minimum Gasteiger partial charge on any atom is -0.396 e. The maximum absolute atomic E-state index is 9.90. The number of aliphatic hydroxyl groups is 1. The lowest BCUT2D eigenvalue weighted by atomic mass is 10.1. The molecular formula is C22H25ClN6O3. The second kappa shape index (κ2) is 7.34. The summed E-state index contributed by atoms with van der Waals surface area (Å²) >= 11 is 6.33. The second-order valence-corrected chi connectivity index (χ2v) is 9.63. The van der Waals surface area contributed by atoms with Crippen molar-refractivity contribution in [1.29, 1.82) is 0 Å². The molecule has 2 aliphatic carbocycles. The Labute approximate surface area is 190 Å². The third-order valence-corrected chi connectivity index (χ3v) is 7.01. The van der Waals surface area contributed by atoms with Crippen LogP contribution in [0.2, 0.25) is 5.28 Å². The Morgan fingerprint density at radius 2 is 2.03 bits per heavy atom. The lowest BCUT2D eigenvalue weighted by Gasteiger charge is -2.23. The molecule has 0 unspecified atom stereocenters. The van der Waals surface area contributed by atoms with E-state index in [2.05, 4.69) is 49.9 Å². The predicted molar refractivity (Wildman–Crippen MR) is 117 cm³/mol. The van der Waals surface area contributed by atoms with Gasteiger partial charge in [0.15, 0.2) is 22.8 Å². The maximum atomic E-state index is 9.90. The number of hydrogen-bond acceptors (Lipinski definition) is 8. The van der Waals surface area contributed by atoms with Gasteiger partial charge in [0.1, 0.15) is 6.10 Å². The summed E-state index contributed by atoms with van der Waals surface area (Å²) in [4.78, 5) is 8.88. The first-order valence-electron chi connectivity index (χ1n) is 11.0. The summed E-state index contributed by atoms with van der Waals surface area (Å²) in [7, 11) is 0. The topological polar surface area (TPSA) is 107 Å². The summed E-state index contributed by atoms with van der Waals surface area (Å²) in [5, 5.41) is 22.4. The van der Waals surface area contributed by atoms with Gasteiger partial charge < -0.3 is 19.9 Å². The quantitative estimate of drug-likeness (QED) is 0.577. The van der Waals surface area contributed by atoms with Crippen molar-refractivity contribution in [3.63, 3.8) is 0 Å². The van der Waals surface area contributed by atoms with Crippen molar-refractivity contribution in [2.75, 3.05) is 11.9 Å². The molecule has 1 saturated heterocycles. The van der Waals surface area contributed by atoms with E-state index in [4.69, 9.17) is 21.1 Å². The molecular weight excluding hydrogens is 432 g/mol. The van der Waals surface area contributed by atoms with Crippen LogP contribution in [0.3, 0.4) is 0 Å². The van der Waals surface area contributed by atoms with Gasteiger partial charge in [0, 0.05) is 12.5 Å². The van der Waals surface area contributed by atoms with Crippen molar-refractivity contribution < 1.29 is 14.6 Å². The summed E-state index contributed by atoms with van der Waals surface area (Å²) in [6.45, 7) is 3.79. The highest BCUT2D eigenvalue weighted by Gasteiger charge is 2.55. The molecule has 3 aliphatic rings. The fourth-order valence-electron chi connectivity index (χ4n) is 5.47. The SMILES string of the molecule is CC1(C)O[C@@H]2[C@@H](CO)C[C@@H](n3nnc4c(N[C@H]5CCc6ccccc65)nc(Cl)nc43)[C@@H]2O1. The van der Waals surface area contributed by atoms with Gasteiger partial charge in [-0.15, -0.1) is 5.10 Å². The van der Waals surface area contributed by atoms with Gasteiger partial charge in [-0.3, -0.25) is 0 Å². The molecule has 3 heterocycles. The van der Waals surface area contributed by atoms with Crippen LogP contribution in [0, 0.1) is 5.92 Å². The number of rotatable bonds is 4. The summed E-state index contributed by atoms with van der Waals surface area (Å²) in [5.41, 5.74) is 3.74. The van der Waals surface area contributed by atoms with Crippen molar-refractivity contribution in [1.82, 2.24) is 25.0 Å². The highest BCUT2D eigenvalue weighted by Crippen LogP contribution is 2.47. The minimum atomic E-state index is -0.715. The van der Waals surface area contributed by atoms with Crippen LogP contribution >= 0.6 is 11.6 Å². The number of ether oxygens (including phenoxy) is 2. The number of benzene rings is 1. The predicted octanol–water partition coefficient (Wildman–Crippen LogP) is 3.05. The highest BCUT2D eigenvalue weighted by molar-refractivity contribution is 6.28. The van der Waals surface area contributed by atoms with E-state index < -0.39 is 5.79 Å². The Hall–Kier alpha value is -2.33. The summed E-state index contributed by atoms with van der Waals surface area (Å²) in [6.07, 6.45) is 2.19. The van der Waals surface area contributed by atoms with E-state index in [0.717, 1.165) is 12.8 Å². The number of nitrogens with one attached hydrogen (secondary N) is 1. The Kier molecular flexibility index (Phi) is 4.66. The molecule has 0 amide bonds. The van der Waals surface area contributed by atoms with Gasteiger partial charge in [-0.25, -0.2) is 4.68 Å². The number of halogens is 1. The van der Waals surface area contributed by atoms with Gasteiger partial charge in [0.25, 0.3) is 0 Å². The number of fused-ring (bicyclic) bond motifs is 3. The number of aryl methyl sites for hydroxylation is 1. The fraction of sp³-hybridized carbons (Fsp3) is 0.545. The zero-order chi connectivity index (χ0) is 22.0. The van der Waals surface area contributed by atoms with Crippen LogP contribution in [0.1, 0.15) is 49.9 Å². The summed E-state index contributed by atoms with van der Waals surface area (Å²) in [6, 6.07) is 8.38. The van der Waals surface area contributed by atoms with E-state index in [0.29, 0.717) is 23.4 Å². The molecule has 3 aromatic rings. The first-order valence-corrected chi connectivity index (χ1v) is 11.4. The van der Waals surface area contributed by atoms with Gasteiger partial charge >= 0.3 is 0 Å². The monoisotopic (exact) mass is 456 g/mol. The van der Waals surface area contributed by atoms with Gasteiger partial charge in [0.2, 0.25) is 5.28 Å². The first-order chi connectivity index (χ1) is 15.4. The molecule has 9 nitrogen and oxygen atoms in total. The Bertz CT molecular complexity index is 1180. The molecule has 5 atom stereocenters. The Morgan fingerprint density at radius 3 is 2.88 bits per heavy atom. The highest BCUT2D eigenvalue weighted by atomic mass is 35.5. The van der Waals surface area contributed by atoms with Crippen LogP contribution < -0.4 is 5.32 Å². The molecule has 10 heteroatoms. The minimum absolute atomic E-state index is 0.0212. The molecule has 1 saturated carbocycles. The van der Waals surface area contributed by atoms with Gasteiger partial charge in [-0.1, -0.05) is 29.5 Å². The van der Waals surface area contributed by atoms with Crippen LogP contribution in [0.4, 0.5) is 5.82 Å². The van der Waals surface area contributed by atoms with E-state index in [1.165, 1.54) is 11.1 Å². The van der Waals surface area contributed by atoms with Crippen molar-refractivity contribution in [2.45, 2.75) is 63.2 Å². The van der Waals surface area contributed by atoms with Crippen LogP contribution in [-0.4, -0.2) is 54.7 Å². The fourth-order valence-corrected chi connectivity index (χ4v) is 5.64. The molecule has 2 aromatic heterocycles. The third-order valence-electron chi connectivity index (χ3n) is 6.84. The van der Waals surface area contributed by atoms with Crippen molar-refractivity contribution in [3.05, 3.63) is 40.7 Å². The average Bonchev–Trinajstić information content (AvgIpc) is 3.50. The number of hydrogen-bond donors (Lipinski definition) is 2. The molecule has 1 aliphatic heterocycles. The normalized spacial score (nSPS) is 30.6. The molecule has 2 N–H and O–H groups in total. The van der Waals surface area contributed by atoms with Gasteiger partial charge in [0.05, 0.1) is 18.2 Å². The van der Waals surface area contributed by atoms with Crippen molar-refractivity contribution >= 4 is 28.6 Å². The van der Waals surface area contributed by atoms with E-state index in [1.807, 2.05) is 13.8 Å².